The molecule has 6 heteroatoms. The summed E-state index contributed by atoms with van der Waals surface area (Å²) in [5.41, 5.74) is -6.83. The van der Waals surface area contributed by atoms with E-state index in [4.69, 9.17) is 0 Å². The average molecular weight is 300 g/mol. The van der Waals surface area contributed by atoms with Gasteiger partial charge >= 0.3 is 0 Å². The fraction of sp³-hybridized carbons (Fsp3) is 0.600. The van der Waals surface area contributed by atoms with Gasteiger partial charge in [-0.1, -0.05) is 18.2 Å². The van der Waals surface area contributed by atoms with E-state index in [1.807, 2.05) is 0 Å². The number of aliphatic hydroxyl groups is 6. The van der Waals surface area contributed by atoms with Gasteiger partial charge in [0.05, 0.1) is 0 Å². The molecule has 120 valence electrons. The first kappa shape index (κ1) is 18.0. The van der Waals surface area contributed by atoms with Crippen molar-refractivity contribution in [1.82, 2.24) is 0 Å². The van der Waals surface area contributed by atoms with Crippen molar-refractivity contribution in [2.75, 3.05) is 0 Å². The molecule has 1 aliphatic rings. The second kappa shape index (κ2) is 6.00. The summed E-state index contributed by atoms with van der Waals surface area (Å²) in [7, 11) is 0. The highest BCUT2D eigenvalue weighted by Crippen LogP contribution is 2.48. The molecule has 6 nitrogen and oxygen atoms in total. The van der Waals surface area contributed by atoms with Gasteiger partial charge in [0.25, 0.3) is 0 Å². The van der Waals surface area contributed by atoms with E-state index in [2.05, 4.69) is 19.7 Å². The zero-order chi connectivity index (χ0) is 16.5. The summed E-state index contributed by atoms with van der Waals surface area (Å²) >= 11 is 0. The van der Waals surface area contributed by atoms with Crippen LogP contribution in [0.5, 0.6) is 0 Å². The highest BCUT2D eigenvalue weighted by Gasteiger charge is 2.70. The molecule has 0 bridgehead atoms. The fourth-order valence-corrected chi connectivity index (χ4v) is 3.09. The minimum atomic E-state index is -2.31. The molecule has 1 saturated carbocycles. The minimum absolute atomic E-state index is 0.282. The van der Waals surface area contributed by atoms with Crippen LogP contribution < -0.4 is 0 Å². The quantitative estimate of drug-likeness (QED) is 0.350. The summed E-state index contributed by atoms with van der Waals surface area (Å²) in [6.07, 6.45) is -2.84. The maximum Gasteiger partial charge on any atom is 0.128 e. The lowest BCUT2D eigenvalue weighted by molar-refractivity contribution is -0.339. The van der Waals surface area contributed by atoms with E-state index in [9.17, 15) is 30.6 Å². The van der Waals surface area contributed by atoms with Gasteiger partial charge < -0.3 is 30.6 Å². The number of rotatable bonds is 6. The summed E-state index contributed by atoms with van der Waals surface area (Å²) in [4.78, 5) is 0. The molecular formula is C15H24O6. The molecule has 6 N–H and O–H groups in total. The summed E-state index contributed by atoms with van der Waals surface area (Å²) < 4.78 is 0. The zero-order valence-corrected chi connectivity index (χ0v) is 11.9. The van der Waals surface area contributed by atoms with Crippen LogP contribution in [0.4, 0.5) is 0 Å². The highest BCUT2D eigenvalue weighted by molar-refractivity contribution is 5.24. The second-order valence-corrected chi connectivity index (χ2v) is 5.61. The third-order valence-electron chi connectivity index (χ3n) is 4.36. The topological polar surface area (TPSA) is 121 Å². The van der Waals surface area contributed by atoms with Gasteiger partial charge in [0.2, 0.25) is 0 Å². The standard InChI is InChI=1S/C15H24O6/c1-4-7-13(19)10(16)11(17)14(20,8-5-2)15(21,9-6-3)12(13)18/h4-6,10-12,16-21H,1-3,7-9H2/t10-,11-,12+,13+,14+,15+/m1/s1. The lowest BCUT2D eigenvalue weighted by atomic mass is 9.58. The van der Waals surface area contributed by atoms with E-state index in [0.717, 1.165) is 0 Å². The summed E-state index contributed by atoms with van der Waals surface area (Å²) in [5, 5.41) is 62.6. The molecule has 0 aromatic heterocycles. The summed E-state index contributed by atoms with van der Waals surface area (Å²) in [6, 6.07) is 0. The van der Waals surface area contributed by atoms with Gasteiger partial charge in [0, 0.05) is 0 Å². The number of aliphatic hydroxyl groups excluding tert-OH is 3. The molecule has 0 aliphatic heterocycles. The smallest absolute Gasteiger partial charge is 0.128 e. The molecule has 0 heterocycles. The van der Waals surface area contributed by atoms with Crippen LogP contribution in [0.15, 0.2) is 38.0 Å². The molecule has 0 aromatic carbocycles. The van der Waals surface area contributed by atoms with Crippen LogP contribution in [0.25, 0.3) is 0 Å². The predicted octanol–water partition coefficient (Wildman–Crippen LogP) is -0.996. The van der Waals surface area contributed by atoms with Gasteiger partial charge in [-0.15, -0.1) is 19.7 Å². The van der Waals surface area contributed by atoms with Crippen molar-refractivity contribution in [2.24, 2.45) is 0 Å². The Labute approximate surface area is 124 Å². The van der Waals surface area contributed by atoms with Gasteiger partial charge in [-0.3, -0.25) is 0 Å². The minimum Gasteiger partial charge on any atom is -0.387 e. The second-order valence-electron chi connectivity index (χ2n) is 5.61. The van der Waals surface area contributed by atoms with E-state index >= 15 is 0 Å². The van der Waals surface area contributed by atoms with Crippen LogP contribution in [0, 0.1) is 0 Å². The Balaban J connectivity index is 3.48. The Morgan fingerprint density at radius 3 is 1.57 bits per heavy atom. The Morgan fingerprint density at radius 2 is 1.14 bits per heavy atom. The van der Waals surface area contributed by atoms with Gasteiger partial charge in [-0.25, -0.2) is 0 Å². The van der Waals surface area contributed by atoms with Gasteiger partial charge in [-0.05, 0) is 19.3 Å². The maximum absolute atomic E-state index is 10.8. The molecule has 0 unspecified atom stereocenters. The van der Waals surface area contributed by atoms with E-state index in [-0.39, 0.29) is 19.3 Å². The van der Waals surface area contributed by atoms with E-state index in [1.54, 1.807) is 0 Å². The van der Waals surface area contributed by atoms with Crippen molar-refractivity contribution < 1.29 is 30.6 Å². The summed E-state index contributed by atoms with van der Waals surface area (Å²) in [6.45, 7) is 10.3. The average Bonchev–Trinajstić information content (AvgIpc) is 2.43. The fourth-order valence-electron chi connectivity index (χ4n) is 3.09. The van der Waals surface area contributed by atoms with Crippen LogP contribution in [0.2, 0.25) is 0 Å². The van der Waals surface area contributed by atoms with E-state index in [1.165, 1.54) is 18.2 Å². The Bertz CT molecular complexity index is 424. The van der Waals surface area contributed by atoms with Gasteiger partial charge in [0.1, 0.15) is 35.1 Å². The van der Waals surface area contributed by atoms with E-state index < -0.39 is 35.1 Å². The van der Waals surface area contributed by atoms with Crippen LogP contribution >= 0.6 is 0 Å². The largest absolute Gasteiger partial charge is 0.387 e. The molecule has 0 aromatic rings. The van der Waals surface area contributed by atoms with Gasteiger partial charge in [0.15, 0.2) is 0 Å². The molecule has 0 radical (unpaired) electrons. The first-order valence-electron chi connectivity index (χ1n) is 6.69. The van der Waals surface area contributed by atoms with Crippen molar-refractivity contribution in [3.63, 3.8) is 0 Å². The number of hydrogen-bond acceptors (Lipinski definition) is 6. The lowest BCUT2D eigenvalue weighted by Crippen LogP contribution is -2.81. The molecule has 1 rings (SSSR count). The lowest BCUT2D eigenvalue weighted by Gasteiger charge is -2.59. The SMILES string of the molecule is C=CC[C@]1(O)[C@H](O)[C@@H](O)[C@@](O)(CC=C)[C@](O)(CC=C)[C@H]1O. The van der Waals surface area contributed by atoms with Crippen LogP contribution in [-0.2, 0) is 0 Å². The van der Waals surface area contributed by atoms with Crippen molar-refractivity contribution in [3.05, 3.63) is 38.0 Å². The molecule has 21 heavy (non-hydrogen) atoms. The molecule has 1 fully saturated rings. The normalized spacial score (nSPS) is 46.9. The Hall–Kier alpha value is -1.02. The first-order valence-corrected chi connectivity index (χ1v) is 6.69. The first-order chi connectivity index (χ1) is 9.65. The van der Waals surface area contributed by atoms with Gasteiger partial charge in [-0.2, -0.15) is 0 Å². The van der Waals surface area contributed by atoms with Crippen LogP contribution in [0.3, 0.4) is 0 Å². The third-order valence-corrected chi connectivity index (χ3v) is 4.36. The predicted molar refractivity (Wildman–Crippen MR) is 77.3 cm³/mol. The monoisotopic (exact) mass is 300 g/mol. The zero-order valence-electron chi connectivity index (χ0n) is 11.9. The Kier molecular flexibility index (Phi) is 5.15. The summed E-state index contributed by atoms with van der Waals surface area (Å²) in [5.74, 6) is 0. The molecular weight excluding hydrogens is 276 g/mol. The third kappa shape index (κ3) is 2.38. The maximum atomic E-state index is 10.8. The van der Waals surface area contributed by atoms with Crippen LogP contribution in [-0.4, -0.2) is 65.8 Å². The highest BCUT2D eigenvalue weighted by atomic mass is 16.4. The Morgan fingerprint density at radius 1 is 0.714 bits per heavy atom. The van der Waals surface area contributed by atoms with Crippen molar-refractivity contribution in [3.8, 4) is 0 Å². The van der Waals surface area contributed by atoms with Crippen molar-refractivity contribution in [2.45, 2.75) is 54.4 Å². The molecule has 0 spiro atoms. The molecule has 0 saturated heterocycles. The molecule has 1 aliphatic carbocycles. The number of hydrogen-bond donors (Lipinski definition) is 6. The molecule has 6 atom stereocenters. The van der Waals surface area contributed by atoms with E-state index in [0.29, 0.717) is 0 Å². The van der Waals surface area contributed by atoms with Crippen LogP contribution in [0.1, 0.15) is 19.3 Å². The van der Waals surface area contributed by atoms with Crippen molar-refractivity contribution in [1.29, 1.82) is 0 Å². The van der Waals surface area contributed by atoms with Crippen molar-refractivity contribution >= 4 is 0 Å². The molecule has 0 amide bonds.